The van der Waals surface area contributed by atoms with Crippen LogP contribution in [0.2, 0.25) is 0 Å². The molecule has 0 bridgehead atoms. The second kappa shape index (κ2) is 7.58. The number of alkyl halides is 1. The molecule has 1 aromatic rings. The van der Waals surface area contributed by atoms with Gasteiger partial charge >= 0.3 is 0 Å². The lowest BCUT2D eigenvalue weighted by Gasteiger charge is -2.25. The van der Waals surface area contributed by atoms with Crippen molar-refractivity contribution in [3.8, 4) is 0 Å². The Kier molecular flexibility index (Phi) is 6.42. The highest BCUT2D eigenvalue weighted by molar-refractivity contribution is 9.09. The molecule has 1 rings (SSSR count). The van der Waals surface area contributed by atoms with Crippen molar-refractivity contribution in [2.75, 3.05) is 12.4 Å². The molecule has 0 fully saturated rings. The molecule has 0 spiro atoms. The Morgan fingerprint density at radius 1 is 1.32 bits per heavy atom. The van der Waals surface area contributed by atoms with E-state index in [1.165, 1.54) is 6.07 Å². The van der Waals surface area contributed by atoms with Gasteiger partial charge < -0.3 is 4.90 Å². The number of hydrogen-bond acceptors (Lipinski definition) is 1. The van der Waals surface area contributed by atoms with Crippen LogP contribution in [-0.2, 0) is 4.79 Å². The second-order valence-electron chi connectivity index (χ2n) is 4.50. The molecule has 106 valence electrons. The summed E-state index contributed by atoms with van der Waals surface area (Å²) in [6.07, 6.45) is 2.23. The third-order valence-corrected chi connectivity index (χ3v) is 3.74. The van der Waals surface area contributed by atoms with E-state index in [9.17, 15) is 13.6 Å². The molecule has 0 aliphatic rings. The van der Waals surface area contributed by atoms with Gasteiger partial charge in [-0.15, -0.1) is 0 Å². The number of unbranched alkanes of at least 4 members (excludes halogenated alkanes) is 1. The van der Waals surface area contributed by atoms with Crippen LogP contribution < -0.4 is 0 Å². The van der Waals surface area contributed by atoms with Gasteiger partial charge in [0.2, 0.25) is 5.91 Å². The van der Waals surface area contributed by atoms with Crippen molar-refractivity contribution in [1.29, 1.82) is 0 Å². The van der Waals surface area contributed by atoms with E-state index in [1.807, 2.05) is 0 Å². The zero-order chi connectivity index (χ0) is 14.4. The number of carbonyl (C=O) groups excluding carboxylic acids is 1. The molecule has 0 N–H and O–H groups in total. The number of carbonyl (C=O) groups is 1. The summed E-state index contributed by atoms with van der Waals surface area (Å²) in [6.45, 7) is 1.80. The van der Waals surface area contributed by atoms with E-state index in [1.54, 1.807) is 18.9 Å². The average molecular weight is 334 g/mol. The average Bonchev–Trinajstić information content (AvgIpc) is 2.40. The number of rotatable bonds is 6. The smallest absolute Gasteiger partial charge is 0.222 e. The molecule has 19 heavy (non-hydrogen) atoms. The molecule has 1 unspecified atom stereocenters. The van der Waals surface area contributed by atoms with Crippen LogP contribution >= 0.6 is 15.9 Å². The fourth-order valence-corrected chi connectivity index (χ4v) is 2.16. The normalized spacial score (nSPS) is 12.3. The van der Waals surface area contributed by atoms with E-state index in [0.29, 0.717) is 12.0 Å². The summed E-state index contributed by atoms with van der Waals surface area (Å²) in [5, 5.41) is 0.878. The monoisotopic (exact) mass is 333 g/mol. The van der Waals surface area contributed by atoms with Crippen molar-refractivity contribution in [1.82, 2.24) is 4.90 Å². The molecule has 0 aliphatic carbocycles. The van der Waals surface area contributed by atoms with Crippen molar-refractivity contribution in [2.45, 2.75) is 32.2 Å². The molecule has 1 atom stereocenters. The number of amides is 1. The van der Waals surface area contributed by atoms with E-state index in [4.69, 9.17) is 0 Å². The molecule has 0 aromatic heterocycles. The predicted octanol–water partition coefficient (Wildman–Crippen LogP) is 4.05. The Morgan fingerprint density at radius 2 is 2.00 bits per heavy atom. The van der Waals surface area contributed by atoms with Gasteiger partial charge in [0, 0.05) is 18.8 Å². The lowest BCUT2D eigenvalue weighted by Crippen LogP contribution is -2.29. The van der Waals surface area contributed by atoms with Crippen molar-refractivity contribution in [3.05, 3.63) is 35.4 Å². The van der Waals surface area contributed by atoms with Crippen LogP contribution in [0.5, 0.6) is 0 Å². The molecule has 0 radical (unpaired) electrons. The van der Waals surface area contributed by atoms with Crippen LogP contribution in [-0.4, -0.2) is 23.2 Å². The Labute approximate surface area is 120 Å². The standard InChI is InChI=1S/C14H18BrF2NO/c1-10(11-6-7-12(16)13(17)9-11)18(2)14(19)5-3-4-8-15/h6-7,9-10H,3-5,8H2,1-2H3. The maximum atomic E-state index is 13.2. The Morgan fingerprint density at radius 3 is 2.58 bits per heavy atom. The second-order valence-corrected chi connectivity index (χ2v) is 5.29. The highest BCUT2D eigenvalue weighted by Gasteiger charge is 2.18. The first-order valence-electron chi connectivity index (χ1n) is 6.24. The fourth-order valence-electron chi connectivity index (χ4n) is 1.76. The first kappa shape index (κ1) is 16.1. The highest BCUT2D eigenvalue weighted by Crippen LogP contribution is 2.21. The number of nitrogens with zero attached hydrogens (tertiary/aromatic N) is 1. The molecular weight excluding hydrogens is 316 g/mol. The quantitative estimate of drug-likeness (QED) is 0.568. The zero-order valence-corrected chi connectivity index (χ0v) is 12.7. The molecule has 0 heterocycles. The maximum Gasteiger partial charge on any atom is 0.222 e. The highest BCUT2D eigenvalue weighted by atomic mass is 79.9. The molecule has 5 heteroatoms. The predicted molar refractivity (Wildman–Crippen MR) is 75.2 cm³/mol. The molecule has 0 saturated carbocycles. The van der Waals surface area contributed by atoms with Crippen molar-refractivity contribution < 1.29 is 13.6 Å². The van der Waals surface area contributed by atoms with Gasteiger partial charge in [0.15, 0.2) is 11.6 Å². The van der Waals surface area contributed by atoms with Gasteiger partial charge in [0.25, 0.3) is 0 Å². The molecule has 0 saturated heterocycles. The summed E-state index contributed by atoms with van der Waals surface area (Å²) in [7, 11) is 1.68. The topological polar surface area (TPSA) is 20.3 Å². The first-order chi connectivity index (χ1) is 8.97. The third kappa shape index (κ3) is 4.56. The number of hydrogen-bond donors (Lipinski definition) is 0. The summed E-state index contributed by atoms with van der Waals surface area (Å²) in [6, 6.07) is 3.46. The SMILES string of the molecule is CC(c1ccc(F)c(F)c1)N(C)C(=O)CCCCBr. The number of halogens is 3. The zero-order valence-electron chi connectivity index (χ0n) is 11.1. The van der Waals surface area contributed by atoms with Crippen LogP contribution in [0.25, 0.3) is 0 Å². The summed E-state index contributed by atoms with van der Waals surface area (Å²) in [5.41, 5.74) is 0.593. The van der Waals surface area contributed by atoms with Gasteiger partial charge in [-0.1, -0.05) is 22.0 Å². The van der Waals surface area contributed by atoms with E-state index >= 15 is 0 Å². The van der Waals surface area contributed by atoms with Crippen LogP contribution in [0.15, 0.2) is 18.2 Å². The summed E-state index contributed by atoms with van der Waals surface area (Å²) >= 11 is 3.31. The summed E-state index contributed by atoms with van der Waals surface area (Å²) < 4.78 is 26.0. The maximum absolute atomic E-state index is 13.2. The summed E-state index contributed by atoms with van der Waals surface area (Å²) in [5.74, 6) is -1.75. The summed E-state index contributed by atoms with van der Waals surface area (Å²) in [4.78, 5) is 13.5. The van der Waals surface area contributed by atoms with Crippen molar-refractivity contribution in [3.63, 3.8) is 0 Å². The molecule has 0 aliphatic heterocycles. The van der Waals surface area contributed by atoms with Crippen LogP contribution in [0.4, 0.5) is 8.78 Å². The minimum absolute atomic E-state index is 0.0122. The van der Waals surface area contributed by atoms with E-state index < -0.39 is 11.6 Å². The van der Waals surface area contributed by atoms with E-state index in [2.05, 4.69) is 15.9 Å². The fraction of sp³-hybridized carbons (Fsp3) is 0.500. The first-order valence-corrected chi connectivity index (χ1v) is 7.36. The van der Waals surface area contributed by atoms with Crippen LogP contribution in [0, 0.1) is 11.6 Å². The van der Waals surface area contributed by atoms with E-state index in [0.717, 1.165) is 30.3 Å². The van der Waals surface area contributed by atoms with Gasteiger partial charge in [0.05, 0.1) is 6.04 Å². The minimum atomic E-state index is -0.885. The van der Waals surface area contributed by atoms with Gasteiger partial charge in [-0.2, -0.15) is 0 Å². The van der Waals surface area contributed by atoms with Crippen molar-refractivity contribution >= 4 is 21.8 Å². The van der Waals surface area contributed by atoms with Gasteiger partial charge in [-0.25, -0.2) is 8.78 Å². The molecule has 2 nitrogen and oxygen atoms in total. The Balaban J connectivity index is 2.67. The van der Waals surface area contributed by atoms with Crippen LogP contribution in [0.3, 0.4) is 0 Å². The largest absolute Gasteiger partial charge is 0.339 e. The minimum Gasteiger partial charge on any atom is -0.339 e. The number of benzene rings is 1. The third-order valence-electron chi connectivity index (χ3n) is 3.17. The van der Waals surface area contributed by atoms with Crippen LogP contribution in [0.1, 0.15) is 37.8 Å². The lowest BCUT2D eigenvalue weighted by molar-refractivity contribution is -0.131. The lowest BCUT2D eigenvalue weighted by atomic mass is 10.1. The van der Waals surface area contributed by atoms with E-state index in [-0.39, 0.29) is 11.9 Å². The van der Waals surface area contributed by atoms with Gasteiger partial charge in [-0.3, -0.25) is 4.79 Å². The van der Waals surface area contributed by atoms with Crippen molar-refractivity contribution in [2.24, 2.45) is 0 Å². The Bertz CT molecular complexity index is 439. The molecular formula is C14H18BrF2NO. The Hall–Kier alpha value is -0.970. The van der Waals surface area contributed by atoms with Gasteiger partial charge in [0.1, 0.15) is 0 Å². The molecule has 1 amide bonds. The molecule has 1 aromatic carbocycles. The van der Waals surface area contributed by atoms with Gasteiger partial charge in [-0.05, 0) is 37.5 Å².